The molecule has 1 N–H and O–H groups in total. The van der Waals surface area contributed by atoms with Crippen molar-refractivity contribution < 1.29 is 8.42 Å². The van der Waals surface area contributed by atoms with Crippen LogP contribution in [-0.2, 0) is 10.0 Å². The number of sulfonamides is 1. The van der Waals surface area contributed by atoms with E-state index in [0.29, 0.717) is 11.0 Å². The van der Waals surface area contributed by atoms with Crippen LogP contribution >= 0.6 is 31.9 Å². The van der Waals surface area contributed by atoms with Gasteiger partial charge in [-0.3, -0.25) is 0 Å². The molecule has 0 aromatic heterocycles. The first kappa shape index (κ1) is 17.4. The third kappa shape index (κ3) is 4.28. The average molecular weight is 440 g/mol. The second kappa shape index (κ2) is 7.08. The monoisotopic (exact) mass is 438 g/mol. The Kier molecular flexibility index (Phi) is 5.87. The number of nitrogens with zero attached hydrogens (tertiary/aromatic N) is 1. The first-order valence-electron chi connectivity index (χ1n) is 6.97. The van der Waals surface area contributed by atoms with Gasteiger partial charge in [0, 0.05) is 21.5 Å². The van der Waals surface area contributed by atoms with Crippen LogP contribution in [0.25, 0.3) is 0 Å². The number of halogens is 2. The van der Waals surface area contributed by atoms with Crippen LogP contribution in [0.2, 0.25) is 0 Å². The van der Waals surface area contributed by atoms with E-state index in [9.17, 15) is 8.42 Å². The van der Waals surface area contributed by atoms with Crippen LogP contribution in [-0.4, -0.2) is 39.5 Å². The highest BCUT2D eigenvalue weighted by Crippen LogP contribution is 2.28. The van der Waals surface area contributed by atoms with Gasteiger partial charge in [0.05, 0.1) is 4.90 Å². The zero-order chi connectivity index (χ0) is 15.6. The number of hydrogen-bond acceptors (Lipinski definition) is 3. The highest BCUT2D eigenvalue weighted by atomic mass is 79.9. The summed E-state index contributed by atoms with van der Waals surface area (Å²) in [6.07, 6.45) is 3.39. The highest BCUT2D eigenvalue weighted by molar-refractivity contribution is 9.11. The quantitative estimate of drug-likeness (QED) is 0.782. The fourth-order valence-corrected chi connectivity index (χ4v) is 5.27. The van der Waals surface area contributed by atoms with E-state index < -0.39 is 10.0 Å². The van der Waals surface area contributed by atoms with Gasteiger partial charge in [-0.05, 0) is 67.0 Å². The van der Waals surface area contributed by atoms with Crippen molar-refractivity contribution in [1.82, 2.24) is 9.62 Å². The summed E-state index contributed by atoms with van der Waals surface area (Å²) >= 11 is 6.73. The molecule has 1 unspecified atom stereocenters. The summed E-state index contributed by atoms with van der Waals surface area (Å²) in [5.74, 6) is 0. The molecule has 4 nitrogen and oxygen atoms in total. The highest BCUT2D eigenvalue weighted by Gasteiger charge is 2.23. The van der Waals surface area contributed by atoms with Gasteiger partial charge in [0.15, 0.2) is 0 Å². The molecule has 7 heteroatoms. The largest absolute Gasteiger partial charge is 0.302 e. The number of likely N-dealkylation sites (tertiary alicyclic amines) is 1. The second-order valence-corrected chi connectivity index (χ2v) is 8.96. The molecular formula is C14H20Br2N2O2S. The fourth-order valence-electron chi connectivity index (χ4n) is 2.52. The summed E-state index contributed by atoms with van der Waals surface area (Å²) in [6, 6.07) is 3.73. The van der Waals surface area contributed by atoms with Crippen LogP contribution in [0.1, 0.15) is 24.8 Å². The summed E-state index contributed by atoms with van der Waals surface area (Å²) in [6.45, 7) is 3.42. The lowest BCUT2D eigenvalue weighted by Gasteiger charge is -2.32. The fraction of sp³-hybridized carbons (Fsp3) is 0.571. The van der Waals surface area contributed by atoms with Crippen LogP contribution in [0, 0.1) is 6.92 Å². The minimum absolute atomic E-state index is 0.276. The molecular weight excluding hydrogens is 420 g/mol. The molecule has 0 radical (unpaired) electrons. The van der Waals surface area contributed by atoms with E-state index in [1.54, 1.807) is 6.07 Å². The van der Waals surface area contributed by atoms with Gasteiger partial charge in [-0.1, -0.05) is 22.4 Å². The zero-order valence-electron chi connectivity index (χ0n) is 12.2. The van der Waals surface area contributed by atoms with Gasteiger partial charge in [0.2, 0.25) is 10.0 Å². The Labute approximate surface area is 143 Å². The molecule has 118 valence electrons. The van der Waals surface area contributed by atoms with E-state index >= 15 is 0 Å². The molecule has 1 aliphatic heterocycles. The number of piperidine rings is 1. The Morgan fingerprint density at radius 1 is 1.29 bits per heavy atom. The van der Waals surface area contributed by atoms with Crippen molar-refractivity contribution >= 4 is 41.9 Å². The Morgan fingerprint density at radius 3 is 2.67 bits per heavy atom. The van der Waals surface area contributed by atoms with Crippen molar-refractivity contribution in [3.8, 4) is 0 Å². The van der Waals surface area contributed by atoms with Crippen LogP contribution in [0.15, 0.2) is 26.0 Å². The van der Waals surface area contributed by atoms with Crippen LogP contribution in [0.4, 0.5) is 0 Å². The van der Waals surface area contributed by atoms with E-state index in [-0.39, 0.29) is 10.9 Å². The summed E-state index contributed by atoms with van der Waals surface area (Å²) in [5.41, 5.74) is 0.993. The maximum absolute atomic E-state index is 12.5. The van der Waals surface area contributed by atoms with Gasteiger partial charge in [0.25, 0.3) is 0 Å². The maximum Gasteiger partial charge on any atom is 0.241 e. The van der Waals surface area contributed by atoms with E-state index in [0.717, 1.165) is 29.4 Å². The Balaban J connectivity index is 2.13. The van der Waals surface area contributed by atoms with E-state index in [2.05, 4.69) is 48.5 Å². The maximum atomic E-state index is 12.5. The van der Waals surface area contributed by atoms with E-state index in [4.69, 9.17) is 0 Å². The normalized spacial score (nSPS) is 20.7. The van der Waals surface area contributed by atoms with Gasteiger partial charge in [-0.25, -0.2) is 13.1 Å². The summed E-state index contributed by atoms with van der Waals surface area (Å²) in [5, 5.41) is 0. The van der Waals surface area contributed by atoms with E-state index in [1.807, 2.05) is 13.0 Å². The van der Waals surface area contributed by atoms with Crippen molar-refractivity contribution in [3.63, 3.8) is 0 Å². The lowest BCUT2D eigenvalue weighted by atomic mass is 10.0. The molecule has 0 spiro atoms. The lowest BCUT2D eigenvalue weighted by Crippen LogP contribution is -2.44. The van der Waals surface area contributed by atoms with Gasteiger partial charge >= 0.3 is 0 Å². The Morgan fingerprint density at radius 2 is 2.00 bits per heavy atom. The first-order chi connectivity index (χ1) is 9.81. The third-order valence-electron chi connectivity index (χ3n) is 3.93. The van der Waals surface area contributed by atoms with Crippen molar-refractivity contribution in [2.24, 2.45) is 0 Å². The number of hydrogen-bond donors (Lipinski definition) is 1. The SMILES string of the molecule is Cc1cc(Br)c(S(=O)(=O)NCC2CCCCN2C)cc1Br. The van der Waals surface area contributed by atoms with Gasteiger partial charge in [-0.15, -0.1) is 0 Å². The number of aryl methyl sites for hydroxylation is 1. The Hall–Kier alpha value is 0.0500. The van der Waals surface area contributed by atoms with Crippen LogP contribution in [0.5, 0.6) is 0 Å². The average Bonchev–Trinajstić information content (AvgIpc) is 2.42. The molecule has 1 aromatic rings. The molecule has 1 aliphatic rings. The molecule has 21 heavy (non-hydrogen) atoms. The number of rotatable bonds is 4. The molecule has 0 saturated carbocycles. The van der Waals surface area contributed by atoms with Crippen molar-refractivity contribution in [2.75, 3.05) is 20.1 Å². The topological polar surface area (TPSA) is 49.4 Å². The molecule has 0 amide bonds. The predicted octanol–water partition coefficient (Wildman–Crippen LogP) is 3.28. The van der Waals surface area contributed by atoms with Crippen molar-refractivity contribution in [2.45, 2.75) is 37.1 Å². The molecule has 1 fully saturated rings. The summed E-state index contributed by atoms with van der Waals surface area (Å²) < 4.78 is 29.1. The molecule has 2 rings (SSSR count). The molecule has 1 saturated heterocycles. The van der Waals surface area contributed by atoms with Crippen molar-refractivity contribution in [3.05, 3.63) is 26.6 Å². The molecule has 1 atom stereocenters. The smallest absolute Gasteiger partial charge is 0.241 e. The minimum Gasteiger partial charge on any atom is -0.302 e. The van der Waals surface area contributed by atoms with E-state index in [1.165, 1.54) is 6.42 Å². The van der Waals surface area contributed by atoms with Crippen LogP contribution in [0.3, 0.4) is 0 Å². The predicted molar refractivity (Wildman–Crippen MR) is 92.0 cm³/mol. The molecule has 1 heterocycles. The second-order valence-electron chi connectivity index (χ2n) is 5.51. The van der Waals surface area contributed by atoms with Gasteiger partial charge in [0.1, 0.15) is 0 Å². The standard InChI is InChI=1S/C14H20Br2N2O2S/c1-10-7-13(16)14(8-12(10)15)21(19,20)17-9-11-5-3-4-6-18(11)2/h7-8,11,17H,3-6,9H2,1-2H3. The molecule has 0 aliphatic carbocycles. The summed E-state index contributed by atoms with van der Waals surface area (Å²) in [4.78, 5) is 2.50. The van der Waals surface area contributed by atoms with Crippen LogP contribution < -0.4 is 4.72 Å². The third-order valence-corrected chi connectivity index (χ3v) is 7.17. The van der Waals surface area contributed by atoms with Gasteiger partial charge in [-0.2, -0.15) is 0 Å². The number of likely N-dealkylation sites (N-methyl/N-ethyl adjacent to an activating group) is 1. The van der Waals surface area contributed by atoms with Crippen molar-refractivity contribution in [1.29, 1.82) is 0 Å². The Bertz CT molecular complexity index is 620. The minimum atomic E-state index is -3.51. The molecule has 1 aromatic carbocycles. The van der Waals surface area contributed by atoms with Gasteiger partial charge < -0.3 is 4.90 Å². The molecule has 0 bridgehead atoms. The first-order valence-corrected chi connectivity index (χ1v) is 10.0. The summed E-state index contributed by atoms with van der Waals surface area (Å²) in [7, 11) is -1.45. The number of nitrogens with one attached hydrogen (secondary N) is 1. The number of benzene rings is 1. The zero-order valence-corrected chi connectivity index (χ0v) is 16.2. The lowest BCUT2D eigenvalue weighted by molar-refractivity contribution is 0.187.